The van der Waals surface area contributed by atoms with Crippen molar-refractivity contribution >= 4 is 6.03 Å². The van der Waals surface area contributed by atoms with Crippen LogP contribution in [0.4, 0.5) is 4.79 Å². The molecule has 5 saturated carbocycles. The predicted molar refractivity (Wildman–Crippen MR) is 103 cm³/mol. The Morgan fingerprint density at radius 2 is 1.78 bits per heavy atom. The third kappa shape index (κ3) is 3.78. The molecule has 0 saturated heterocycles. The zero-order valence-corrected chi connectivity index (χ0v) is 16.0. The van der Waals surface area contributed by atoms with Crippen molar-refractivity contribution in [2.45, 2.75) is 76.5 Å². The Morgan fingerprint density at radius 3 is 2.48 bits per heavy atom. The van der Waals surface area contributed by atoms with E-state index < -0.39 is 0 Å². The summed E-state index contributed by atoms with van der Waals surface area (Å²) < 4.78 is 5.97. The van der Waals surface area contributed by atoms with E-state index in [1.54, 1.807) is 6.20 Å². The van der Waals surface area contributed by atoms with Crippen LogP contribution in [0.1, 0.15) is 63.4 Å². The first kappa shape index (κ1) is 17.3. The number of hydrogen-bond donors (Lipinski definition) is 2. The number of carbonyl (C=O) groups is 1. The average molecular weight is 370 g/mol. The van der Waals surface area contributed by atoms with E-state index in [0.717, 1.165) is 30.2 Å². The quantitative estimate of drug-likeness (QED) is 0.824. The molecule has 5 fully saturated rings. The van der Waals surface area contributed by atoms with Crippen molar-refractivity contribution in [3.63, 3.8) is 0 Å². The third-order valence-electron chi connectivity index (χ3n) is 7.37. The van der Waals surface area contributed by atoms with Gasteiger partial charge in [0.25, 0.3) is 0 Å². The van der Waals surface area contributed by atoms with Gasteiger partial charge in [0.15, 0.2) is 0 Å². The molecular weight excluding hydrogens is 338 g/mol. The van der Waals surface area contributed by atoms with E-state index in [0.29, 0.717) is 36.4 Å². The summed E-state index contributed by atoms with van der Waals surface area (Å²) in [5, 5.41) is 6.35. The molecule has 6 rings (SSSR count). The number of urea groups is 1. The van der Waals surface area contributed by atoms with Crippen LogP contribution in [0, 0.1) is 23.7 Å². The van der Waals surface area contributed by atoms with Gasteiger partial charge in [0.2, 0.25) is 5.88 Å². The Labute approximate surface area is 161 Å². The second-order valence-corrected chi connectivity index (χ2v) is 9.31. The van der Waals surface area contributed by atoms with Crippen molar-refractivity contribution in [1.82, 2.24) is 15.6 Å². The molecular formula is C22H31N3O2. The molecule has 0 aromatic carbocycles. The summed E-state index contributed by atoms with van der Waals surface area (Å²) in [7, 11) is 0. The van der Waals surface area contributed by atoms with E-state index in [1.807, 2.05) is 12.1 Å². The minimum atomic E-state index is -0.0254. The number of aromatic nitrogens is 1. The molecule has 2 N–H and O–H groups in total. The zero-order valence-electron chi connectivity index (χ0n) is 16.0. The number of carbonyl (C=O) groups excluding carboxylic acids is 1. The number of rotatable bonds is 5. The SMILES string of the molecule is O=C(NCc1ccnc(OC2CCCC2)c1)NC1C2CC3CC(C2)CC1C3. The third-order valence-corrected chi connectivity index (χ3v) is 7.37. The lowest BCUT2D eigenvalue weighted by Gasteiger charge is -2.54. The van der Waals surface area contributed by atoms with Crippen molar-refractivity contribution in [3.05, 3.63) is 23.9 Å². The van der Waals surface area contributed by atoms with Gasteiger partial charge >= 0.3 is 6.03 Å². The van der Waals surface area contributed by atoms with Gasteiger partial charge in [-0.25, -0.2) is 9.78 Å². The first-order valence-corrected chi connectivity index (χ1v) is 10.9. The Balaban J connectivity index is 1.13. The van der Waals surface area contributed by atoms with Crippen molar-refractivity contribution < 1.29 is 9.53 Å². The molecule has 5 aliphatic carbocycles. The molecule has 1 aromatic rings. The summed E-state index contributed by atoms with van der Waals surface area (Å²) in [6.07, 6.45) is 13.6. The molecule has 0 spiro atoms. The number of nitrogens with zero attached hydrogens (tertiary/aromatic N) is 1. The summed E-state index contributed by atoms with van der Waals surface area (Å²) in [5.41, 5.74) is 1.04. The lowest BCUT2D eigenvalue weighted by Crippen LogP contribution is -2.57. The number of ether oxygens (including phenoxy) is 1. The van der Waals surface area contributed by atoms with Gasteiger partial charge in [0, 0.05) is 24.8 Å². The van der Waals surface area contributed by atoms with E-state index in [9.17, 15) is 4.79 Å². The van der Waals surface area contributed by atoms with E-state index in [2.05, 4.69) is 15.6 Å². The molecule has 0 unspecified atom stereocenters. The molecule has 27 heavy (non-hydrogen) atoms. The van der Waals surface area contributed by atoms with Crippen LogP contribution < -0.4 is 15.4 Å². The molecule has 5 heteroatoms. The lowest BCUT2D eigenvalue weighted by atomic mass is 9.54. The van der Waals surface area contributed by atoms with Gasteiger partial charge in [-0.3, -0.25) is 0 Å². The van der Waals surface area contributed by atoms with Crippen molar-refractivity contribution in [2.24, 2.45) is 23.7 Å². The second kappa shape index (κ2) is 7.33. The Bertz CT molecular complexity index is 658. The minimum absolute atomic E-state index is 0.0254. The Morgan fingerprint density at radius 1 is 1.07 bits per heavy atom. The molecule has 5 aliphatic rings. The summed E-state index contributed by atoms with van der Waals surface area (Å²) in [5.74, 6) is 3.97. The van der Waals surface area contributed by atoms with Gasteiger partial charge in [0.1, 0.15) is 6.10 Å². The molecule has 2 amide bonds. The number of amides is 2. The standard InChI is InChI=1S/C22H31N3O2/c26-22(25-21-17-8-15-7-16(10-17)11-18(21)9-15)24-13-14-5-6-23-20(12-14)27-19-3-1-2-4-19/h5-6,12,15-19,21H,1-4,7-11,13H2,(H2,24,25,26). The highest BCUT2D eigenvalue weighted by molar-refractivity contribution is 5.74. The van der Waals surface area contributed by atoms with Gasteiger partial charge in [0.05, 0.1) is 0 Å². The molecule has 4 bridgehead atoms. The number of nitrogens with one attached hydrogen (secondary N) is 2. The second-order valence-electron chi connectivity index (χ2n) is 9.31. The molecule has 1 aromatic heterocycles. The summed E-state index contributed by atoms with van der Waals surface area (Å²) >= 11 is 0. The molecule has 5 nitrogen and oxygen atoms in total. The van der Waals surface area contributed by atoms with Crippen molar-refractivity contribution in [1.29, 1.82) is 0 Å². The van der Waals surface area contributed by atoms with Gasteiger partial charge in [-0.15, -0.1) is 0 Å². The van der Waals surface area contributed by atoms with Crippen molar-refractivity contribution in [3.8, 4) is 5.88 Å². The van der Waals surface area contributed by atoms with Crippen LogP contribution in [0.15, 0.2) is 18.3 Å². The van der Waals surface area contributed by atoms with Crippen LogP contribution in [-0.2, 0) is 6.54 Å². The summed E-state index contributed by atoms with van der Waals surface area (Å²) in [6.45, 7) is 0.517. The van der Waals surface area contributed by atoms with Gasteiger partial charge < -0.3 is 15.4 Å². The van der Waals surface area contributed by atoms with Crippen LogP contribution in [0.2, 0.25) is 0 Å². The minimum Gasteiger partial charge on any atom is -0.474 e. The highest BCUT2D eigenvalue weighted by Gasteiger charge is 2.48. The maximum atomic E-state index is 12.5. The summed E-state index contributed by atoms with van der Waals surface area (Å²) in [4.78, 5) is 16.8. The van der Waals surface area contributed by atoms with Crippen LogP contribution in [0.25, 0.3) is 0 Å². The number of hydrogen-bond acceptors (Lipinski definition) is 3. The van der Waals surface area contributed by atoms with Crippen LogP contribution in [0.5, 0.6) is 5.88 Å². The maximum Gasteiger partial charge on any atom is 0.315 e. The molecule has 0 radical (unpaired) electrons. The van der Waals surface area contributed by atoms with E-state index >= 15 is 0 Å². The fourth-order valence-electron chi connectivity index (χ4n) is 6.35. The first-order chi connectivity index (χ1) is 13.2. The smallest absolute Gasteiger partial charge is 0.315 e. The highest BCUT2D eigenvalue weighted by atomic mass is 16.5. The first-order valence-electron chi connectivity index (χ1n) is 10.9. The predicted octanol–water partition coefficient (Wildman–Crippen LogP) is 4.03. The van der Waals surface area contributed by atoms with E-state index in [4.69, 9.17) is 4.74 Å². The summed E-state index contributed by atoms with van der Waals surface area (Å²) in [6, 6.07) is 4.27. The average Bonchev–Trinajstić information content (AvgIpc) is 3.16. The highest BCUT2D eigenvalue weighted by Crippen LogP contribution is 2.53. The maximum absolute atomic E-state index is 12.5. The normalized spacial score (nSPS) is 34.6. The molecule has 1 heterocycles. The van der Waals surface area contributed by atoms with E-state index in [-0.39, 0.29) is 6.03 Å². The fourth-order valence-corrected chi connectivity index (χ4v) is 6.35. The van der Waals surface area contributed by atoms with Crippen LogP contribution in [-0.4, -0.2) is 23.2 Å². The topological polar surface area (TPSA) is 63.2 Å². The monoisotopic (exact) mass is 369 g/mol. The molecule has 0 aliphatic heterocycles. The van der Waals surface area contributed by atoms with Gasteiger partial charge in [-0.2, -0.15) is 0 Å². The molecule has 146 valence electrons. The van der Waals surface area contributed by atoms with Crippen LogP contribution >= 0.6 is 0 Å². The lowest BCUT2D eigenvalue weighted by molar-refractivity contribution is -0.00942. The largest absolute Gasteiger partial charge is 0.474 e. The molecule has 0 atom stereocenters. The zero-order chi connectivity index (χ0) is 18.2. The Hall–Kier alpha value is -1.78. The van der Waals surface area contributed by atoms with Crippen LogP contribution in [0.3, 0.4) is 0 Å². The Kier molecular flexibility index (Phi) is 4.70. The fraction of sp³-hybridized carbons (Fsp3) is 0.727. The number of pyridine rings is 1. The van der Waals surface area contributed by atoms with E-state index in [1.165, 1.54) is 44.9 Å². The van der Waals surface area contributed by atoms with Gasteiger partial charge in [-0.05, 0) is 93.1 Å². The van der Waals surface area contributed by atoms with Gasteiger partial charge in [-0.1, -0.05) is 0 Å². The van der Waals surface area contributed by atoms with Crippen molar-refractivity contribution in [2.75, 3.05) is 0 Å².